The SMILES string of the molecule is C=C=C1C=C2C=C3C=CC(=N3)C=c3ccc(n3C#N)=CC3=NC(=CC1N2C#N)C=C3. The summed E-state index contributed by atoms with van der Waals surface area (Å²) in [5.41, 5.74) is 7.35. The van der Waals surface area contributed by atoms with E-state index in [0.717, 1.165) is 39.1 Å². The van der Waals surface area contributed by atoms with E-state index in [0.29, 0.717) is 5.70 Å². The van der Waals surface area contributed by atoms with Gasteiger partial charge in [-0.2, -0.15) is 10.5 Å². The number of rotatable bonds is 0. The van der Waals surface area contributed by atoms with E-state index in [2.05, 4.69) is 34.7 Å². The molecule has 0 saturated carbocycles. The Morgan fingerprint density at radius 1 is 0.833 bits per heavy atom. The number of hydrogen-bond acceptors (Lipinski definition) is 5. The van der Waals surface area contributed by atoms with Gasteiger partial charge in [-0.05, 0) is 66.8 Å². The fourth-order valence-electron chi connectivity index (χ4n) is 3.71. The Morgan fingerprint density at radius 3 is 2.13 bits per heavy atom. The second-order valence-corrected chi connectivity index (χ2v) is 6.92. The first-order valence-corrected chi connectivity index (χ1v) is 9.27. The van der Waals surface area contributed by atoms with Crippen molar-refractivity contribution in [3.8, 4) is 12.4 Å². The van der Waals surface area contributed by atoms with Crippen LogP contribution < -0.4 is 10.7 Å². The van der Waals surface area contributed by atoms with E-state index < -0.39 is 0 Å². The Morgan fingerprint density at radius 2 is 1.50 bits per heavy atom. The van der Waals surface area contributed by atoms with Gasteiger partial charge in [0.2, 0.25) is 0 Å². The fourth-order valence-corrected chi connectivity index (χ4v) is 3.71. The topological polar surface area (TPSA) is 80.5 Å². The first-order chi connectivity index (χ1) is 14.7. The van der Waals surface area contributed by atoms with Crippen molar-refractivity contribution in [2.75, 3.05) is 0 Å². The molecule has 4 aliphatic rings. The Balaban J connectivity index is 1.77. The molecule has 5 rings (SSSR count). The minimum Gasteiger partial charge on any atom is -0.267 e. The average molecular weight is 386 g/mol. The lowest BCUT2D eigenvalue weighted by molar-refractivity contribution is 0.491. The molecule has 4 aliphatic heterocycles. The highest BCUT2D eigenvalue weighted by atomic mass is 15.2. The molecular formula is C24H14N6. The van der Waals surface area contributed by atoms with Crippen LogP contribution in [0.5, 0.6) is 0 Å². The van der Waals surface area contributed by atoms with Gasteiger partial charge < -0.3 is 0 Å². The van der Waals surface area contributed by atoms with Gasteiger partial charge in [-0.15, -0.1) is 5.73 Å². The van der Waals surface area contributed by atoms with Gasteiger partial charge in [0, 0.05) is 5.57 Å². The number of nitrogens with zero attached hydrogens (tertiary/aromatic N) is 6. The van der Waals surface area contributed by atoms with E-state index in [1.807, 2.05) is 66.8 Å². The standard InChI is InChI=1S/C24H14N6/c1-2-16-9-23-12-19-4-3-17(27-19)10-21-7-8-22(29(21)14-25)11-18-5-6-20(28-18)13-24(16)30(23)15-26/h3-13,24H,1H2. The van der Waals surface area contributed by atoms with Gasteiger partial charge in [0.1, 0.15) is 0 Å². The largest absolute Gasteiger partial charge is 0.267 e. The zero-order chi connectivity index (χ0) is 20.7. The van der Waals surface area contributed by atoms with Crippen LogP contribution in [0.15, 0.2) is 99.6 Å². The molecule has 1 unspecified atom stereocenters. The minimum absolute atomic E-state index is 0.343. The van der Waals surface area contributed by atoms with Crippen molar-refractivity contribution in [3.05, 3.63) is 100 Å². The molecule has 30 heavy (non-hydrogen) atoms. The second-order valence-electron chi connectivity index (χ2n) is 6.92. The van der Waals surface area contributed by atoms with Crippen LogP contribution in [0.4, 0.5) is 0 Å². The zero-order valence-corrected chi connectivity index (χ0v) is 15.8. The van der Waals surface area contributed by atoms with E-state index in [4.69, 9.17) is 0 Å². The maximum absolute atomic E-state index is 9.79. The van der Waals surface area contributed by atoms with E-state index in [1.165, 1.54) is 0 Å². The van der Waals surface area contributed by atoms with Gasteiger partial charge in [-0.25, -0.2) is 14.6 Å². The summed E-state index contributed by atoms with van der Waals surface area (Å²) in [6.07, 6.45) is 21.3. The summed E-state index contributed by atoms with van der Waals surface area (Å²) < 4.78 is 1.55. The van der Waals surface area contributed by atoms with Gasteiger partial charge >= 0.3 is 0 Å². The average Bonchev–Trinajstić information content (AvgIpc) is 3.51. The first-order valence-electron chi connectivity index (χ1n) is 9.27. The second kappa shape index (κ2) is 6.76. The summed E-state index contributed by atoms with van der Waals surface area (Å²) >= 11 is 0. The molecule has 0 saturated heterocycles. The van der Waals surface area contributed by atoms with Crippen LogP contribution in [0, 0.1) is 22.9 Å². The highest BCUT2D eigenvalue weighted by Gasteiger charge is 2.29. The number of allylic oxidation sites excluding steroid dienone is 5. The lowest BCUT2D eigenvalue weighted by atomic mass is 10.1. The predicted octanol–water partition coefficient (Wildman–Crippen LogP) is 1.94. The third-order valence-electron chi connectivity index (χ3n) is 5.11. The molecule has 0 fully saturated rings. The Labute approximate surface area is 172 Å². The van der Waals surface area contributed by atoms with E-state index >= 15 is 0 Å². The number of hydrogen-bond donors (Lipinski definition) is 0. The van der Waals surface area contributed by atoms with Crippen LogP contribution in [0.3, 0.4) is 0 Å². The summed E-state index contributed by atoms with van der Waals surface area (Å²) in [5, 5.41) is 20.9. The van der Waals surface area contributed by atoms with Crippen molar-refractivity contribution in [2.45, 2.75) is 6.04 Å². The molecule has 1 atom stereocenters. The maximum atomic E-state index is 9.79. The fraction of sp³-hybridized carbons (Fsp3) is 0.0417. The van der Waals surface area contributed by atoms with Crippen LogP contribution in [0.1, 0.15) is 0 Å². The van der Waals surface area contributed by atoms with Crippen molar-refractivity contribution in [1.29, 1.82) is 10.5 Å². The molecule has 1 aromatic heterocycles. The molecule has 0 spiro atoms. The van der Waals surface area contributed by atoms with Gasteiger partial charge in [0.05, 0.1) is 45.3 Å². The lowest BCUT2D eigenvalue weighted by Gasteiger charge is -2.18. The molecular weight excluding hydrogens is 372 g/mol. The van der Waals surface area contributed by atoms with Crippen LogP contribution in [-0.4, -0.2) is 26.9 Å². The highest BCUT2D eigenvalue weighted by molar-refractivity contribution is 6.20. The predicted molar refractivity (Wildman–Crippen MR) is 115 cm³/mol. The lowest BCUT2D eigenvalue weighted by Crippen LogP contribution is -2.24. The number of aliphatic imine (C=N–C) groups is 2. The normalized spacial score (nSPS) is 20.7. The van der Waals surface area contributed by atoms with Crippen molar-refractivity contribution < 1.29 is 0 Å². The molecule has 0 amide bonds. The van der Waals surface area contributed by atoms with Gasteiger partial charge in [0.15, 0.2) is 12.4 Å². The molecule has 8 bridgehead atoms. The van der Waals surface area contributed by atoms with E-state index in [1.54, 1.807) is 9.47 Å². The van der Waals surface area contributed by atoms with Gasteiger partial charge in [-0.3, -0.25) is 4.90 Å². The molecule has 5 heterocycles. The monoisotopic (exact) mass is 386 g/mol. The Hall–Kier alpha value is -4.64. The molecule has 0 aromatic carbocycles. The van der Waals surface area contributed by atoms with Gasteiger partial charge in [0.25, 0.3) is 0 Å². The van der Waals surface area contributed by atoms with Crippen molar-refractivity contribution in [1.82, 2.24) is 9.47 Å². The Bertz CT molecular complexity index is 1460. The van der Waals surface area contributed by atoms with Crippen LogP contribution in [0.2, 0.25) is 0 Å². The van der Waals surface area contributed by atoms with Crippen molar-refractivity contribution >= 4 is 23.6 Å². The molecule has 0 aliphatic carbocycles. The molecule has 0 N–H and O–H groups in total. The first kappa shape index (κ1) is 17.5. The highest BCUT2D eigenvalue weighted by Crippen LogP contribution is 2.30. The van der Waals surface area contributed by atoms with E-state index in [-0.39, 0.29) is 6.04 Å². The number of nitriles is 2. The summed E-state index contributed by atoms with van der Waals surface area (Å²) in [6, 6.07) is 3.42. The Kier molecular flexibility index (Phi) is 3.93. The quantitative estimate of drug-likeness (QED) is 0.505. The van der Waals surface area contributed by atoms with E-state index in [9.17, 15) is 10.5 Å². The smallest absolute Gasteiger partial charge is 0.189 e. The summed E-state index contributed by atoms with van der Waals surface area (Å²) in [4.78, 5) is 10.8. The maximum Gasteiger partial charge on any atom is 0.189 e. The molecule has 1 aromatic rings. The van der Waals surface area contributed by atoms with Crippen molar-refractivity contribution in [3.63, 3.8) is 0 Å². The molecule has 0 radical (unpaired) electrons. The van der Waals surface area contributed by atoms with Crippen LogP contribution >= 0.6 is 0 Å². The molecule has 6 nitrogen and oxygen atoms in total. The summed E-state index contributed by atoms with van der Waals surface area (Å²) in [5.74, 6) is 0. The third-order valence-corrected chi connectivity index (χ3v) is 5.11. The summed E-state index contributed by atoms with van der Waals surface area (Å²) in [6.45, 7) is 3.78. The van der Waals surface area contributed by atoms with Gasteiger partial charge in [-0.1, -0.05) is 6.58 Å². The van der Waals surface area contributed by atoms with Crippen LogP contribution in [0.25, 0.3) is 12.2 Å². The third kappa shape index (κ3) is 2.82. The van der Waals surface area contributed by atoms with Crippen LogP contribution in [-0.2, 0) is 0 Å². The molecule has 6 heteroatoms. The number of fused-ring (bicyclic) bond motifs is 6. The zero-order valence-electron chi connectivity index (χ0n) is 15.8. The summed E-state index contributed by atoms with van der Waals surface area (Å²) in [7, 11) is 0. The molecule has 140 valence electrons. The minimum atomic E-state index is -0.343. The van der Waals surface area contributed by atoms with Crippen molar-refractivity contribution in [2.24, 2.45) is 9.98 Å². The number of aromatic nitrogens is 1.